The fraction of sp³-hybridized carbons (Fsp3) is 0.417. The van der Waals surface area contributed by atoms with E-state index in [1.165, 1.54) is 0 Å². The lowest BCUT2D eigenvalue weighted by Gasteiger charge is -2.27. The zero-order valence-electron chi connectivity index (χ0n) is 10.8. The van der Waals surface area contributed by atoms with Crippen molar-refractivity contribution in [1.82, 2.24) is 5.32 Å². The molecule has 0 aliphatic carbocycles. The molecule has 5 nitrogen and oxygen atoms in total. The molecule has 0 saturated heterocycles. The summed E-state index contributed by atoms with van der Waals surface area (Å²) < 4.78 is 11.3. The summed E-state index contributed by atoms with van der Waals surface area (Å²) in [5.74, 6) is 0. The molecule has 0 saturated carbocycles. The Morgan fingerprint density at radius 3 is 2.39 bits per heavy atom. The molecule has 0 aliphatic heterocycles. The maximum atomic E-state index is 10.6. The molecular weight excluding hydrogens is 248 g/mol. The second kappa shape index (κ2) is 7.15. The number of amides is 2. The molecule has 0 unspecified atom stereocenters. The van der Waals surface area contributed by atoms with E-state index in [-0.39, 0.29) is 0 Å². The first kappa shape index (κ1) is 14.7. The second-order valence-corrected chi connectivity index (χ2v) is 7.32. The van der Waals surface area contributed by atoms with Crippen LogP contribution in [0.15, 0.2) is 30.3 Å². The summed E-state index contributed by atoms with van der Waals surface area (Å²) in [4.78, 5) is 10.6. The molecule has 1 aromatic rings. The summed E-state index contributed by atoms with van der Waals surface area (Å²) in [6.45, 7) is 0.531. The highest BCUT2D eigenvalue weighted by Gasteiger charge is 2.37. The van der Waals surface area contributed by atoms with Crippen LogP contribution in [-0.2, 0) is 8.85 Å². The summed E-state index contributed by atoms with van der Waals surface area (Å²) in [5.41, 5.74) is 5.02. The average molecular weight is 268 g/mol. The molecule has 0 radical (unpaired) electrons. The van der Waals surface area contributed by atoms with Crippen molar-refractivity contribution in [3.63, 3.8) is 0 Å². The summed E-state index contributed by atoms with van der Waals surface area (Å²) in [6, 6.07) is 10.2. The van der Waals surface area contributed by atoms with Crippen LogP contribution in [0.2, 0.25) is 6.04 Å². The minimum atomic E-state index is -2.38. The number of carbonyl (C=O) groups is 1. The summed E-state index contributed by atoms with van der Waals surface area (Å²) in [5, 5.41) is 3.66. The van der Waals surface area contributed by atoms with Crippen molar-refractivity contribution in [1.29, 1.82) is 0 Å². The molecule has 1 rings (SSSR count). The topological polar surface area (TPSA) is 73.6 Å². The third kappa shape index (κ3) is 3.83. The van der Waals surface area contributed by atoms with Crippen LogP contribution < -0.4 is 16.2 Å². The molecule has 0 aliphatic rings. The maximum absolute atomic E-state index is 10.6. The van der Waals surface area contributed by atoms with E-state index in [4.69, 9.17) is 14.6 Å². The van der Waals surface area contributed by atoms with Crippen molar-refractivity contribution < 1.29 is 13.6 Å². The standard InChI is InChI=1S/C12H20N2O3Si/c1-16-18(17-2,10-6-9-14-12(13)15)11-7-4-3-5-8-11/h3-5,7-8H,6,9-10H2,1-2H3,(H3,13,14,15). The van der Waals surface area contributed by atoms with Crippen LogP contribution >= 0.6 is 0 Å². The van der Waals surface area contributed by atoms with E-state index in [1.807, 2.05) is 30.3 Å². The van der Waals surface area contributed by atoms with E-state index in [1.54, 1.807) is 14.2 Å². The van der Waals surface area contributed by atoms with Crippen molar-refractivity contribution >= 4 is 19.8 Å². The van der Waals surface area contributed by atoms with Gasteiger partial charge in [0.25, 0.3) is 0 Å². The number of nitrogens with two attached hydrogens (primary N) is 1. The molecule has 100 valence electrons. The van der Waals surface area contributed by atoms with E-state index in [2.05, 4.69) is 5.32 Å². The first-order chi connectivity index (χ1) is 8.64. The third-order valence-electron chi connectivity index (χ3n) is 2.85. The highest BCUT2D eigenvalue weighted by Crippen LogP contribution is 2.14. The normalized spacial score (nSPS) is 11.2. The number of hydrogen-bond acceptors (Lipinski definition) is 3. The molecule has 0 aromatic heterocycles. The Labute approximate surface area is 109 Å². The summed E-state index contributed by atoms with van der Waals surface area (Å²) in [6.07, 6.45) is 0.770. The molecule has 0 heterocycles. The number of carbonyl (C=O) groups excluding carboxylic acids is 1. The zero-order valence-corrected chi connectivity index (χ0v) is 11.8. The van der Waals surface area contributed by atoms with Gasteiger partial charge >= 0.3 is 14.6 Å². The summed E-state index contributed by atoms with van der Waals surface area (Å²) in [7, 11) is 0.958. The number of primary amides is 1. The third-order valence-corrected chi connectivity index (χ3v) is 6.40. The lowest BCUT2D eigenvalue weighted by Crippen LogP contribution is -2.52. The predicted molar refractivity (Wildman–Crippen MR) is 72.9 cm³/mol. The van der Waals surface area contributed by atoms with Gasteiger partial charge in [0, 0.05) is 20.8 Å². The van der Waals surface area contributed by atoms with Crippen molar-refractivity contribution in [2.75, 3.05) is 20.8 Å². The van der Waals surface area contributed by atoms with Gasteiger partial charge in [-0.3, -0.25) is 0 Å². The van der Waals surface area contributed by atoms with Gasteiger partial charge in [-0.2, -0.15) is 0 Å². The average Bonchev–Trinajstić information content (AvgIpc) is 2.40. The number of urea groups is 1. The Morgan fingerprint density at radius 1 is 1.28 bits per heavy atom. The van der Waals surface area contributed by atoms with Gasteiger partial charge in [-0.15, -0.1) is 0 Å². The monoisotopic (exact) mass is 268 g/mol. The fourth-order valence-electron chi connectivity index (χ4n) is 1.89. The van der Waals surface area contributed by atoms with Crippen molar-refractivity contribution in [3.8, 4) is 0 Å². The smallest absolute Gasteiger partial charge is 0.372 e. The van der Waals surface area contributed by atoms with Crippen LogP contribution in [-0.4, -0.2) is 35.4 Å². The largest absolute Gasteiger partial charge is 0.394 e. The van der Waals surface area contributed by atoms with Gasteiger partial charge in [0.2, 0.25) is 0 Å². The quantitative estimate of drug-likeness (QED) is 0.564. The Kier molecular flexibility index (Phi) is 5.83. The van der Waals surface area contributed by atoms with Gasteiger partial charge in [0.15, 0.2) is 0 Å². The van der Waals surface area contributed by atoms with Gasteiger partial charge in [0.05, 0.1) is 0 Å². The Bertz CT molecular complexity index is 369. The molecule has 0 spiro atoms. The van der Waals surface area contributed by atoms with E-state index in [0.717, 1.165) is 17.7 Å². The molecular formula is C12H20N2O3Si. The molecule has 0 bridgehead atoms. The van der Waals surface area contributed by atoms with Crippen LogP contribution in [0.3, 0.4) is 0 Å². The minimum absolute atomic E-state index is 0.503. The highest BCUT2D eigenvalue weighted by atomic mass is 28.4. The van der Waals surface area contributed by atoms with Gasteiger partial charge < -0.3 is 19.9 Å². The highest BCUT2D eigenvalue weighted by molar-refractivity contribution is 6.81. The van der Waals surface area contributed by atoms with E-state index in [9.17, 15) is 4.79 Å². The van der Waals surface area contributed by atoms with Crippen LogP contribution in [0.5, 0.6) is 0 Å². The SMILES string of the molecule is CO[Si](CCCNC(N)=O)(OC)c1ccccc1. The Morgan fingerprint density at radius 2 is 1.89 bits per heavy atom. The number of nitrogens with one attached hydrogen (secondary N) is 1. The van der Waals surface area contributed by atoms with Gasteiger partial charge in [-0.1, -0.05) is 30.3 Å². The Balaban J connectivity index is 2.66. The molecule has 1 aromatic carbocycles. The first-order valence-electron chi connectivity index (χ1n) is 5.84. The van der Waals surface area contributed by atoms with Crippen molar-refractivity contribution in [3.05, 3.63) is 30.3 Å². The molecule has 3 N–H and O–H groups in total. The van der Waals surface area contributed by atoms with Gasteiger partial charge in [0.1, 0.15) is 0 Å². The number of rotatable bonds is 7. The zero-order chi connectivity index (χ0) is 13.4. The van der Waals surface area contributed by atoms with E-state index < -0.39 is 14.6 Å². The molecule has 6 heteroatoms. The van der Waals surface area contributed by atoms with Crippen LogP contribution in [0.1, 0.15) is 6.42 Å². The minimum Gasteiger partial charge on any atom is -0.394 e. The van der Waals surface area contributed by atoms with Gasteiger partial charge in [-0.05, 0) is 17.7 Å². The first-order valence-corrected chi connectivity index (χ1v) is 7.86. The molecule has 2 amide bonds. The van der Waals surface area contributed by atoms with E-state index >= 15 is 0 Å². The summed E-state index contributed by atoms with van der Waals surface area (Å²) >= 11 is 0. The van der Waals surface area contributed by atoms with Gasteiger partial charge in [-0.25, -0.2) is 4.79 Å². The molecule has 0 atom stereocenters. The lowest BCUT2D eigenvalue weighted by molar-refractivity contribution is 0.247. The fourth-order valence-corrected chi connectivity index (χ4v) is 4.57. The second-order valence-electron chi connectivity index (χ2n) is 3.92. The number of hydrogen-bond donors (Lipinski definition) is 2. The predicted octanol–water partition coefficient (Wildman–Crippen LogP) is 0.687. The van der Waals surface area contributed by atoms with Crippen molar-refractivity contribution in [2.45, 2.75) is 12.5 Å². The number of benzene rings is 1. The van der Waals surface area contributed by atoms with Crippen LogP contribution in [0, 0.1) is 0 Å². The Hall–Kier alpha value is -1.37. The van der Waals surface area contributed by atoms with Crippen LogP contribution in [0.25, 0.3) is 0 Å². The lowest BCUT2D eigenvalue weighted by atomic mass is 10.4. The maximum Gasteiger partial charge on any atom is 0.372 e. The molecule has 0 fully saturated rings. The van der Waals surface area contributed by atoms with Crippen molar-refractivity contribution in [2.24, 2.45) is 5.73 Å². The van der Waals surface area contributed by atoms with Crippen LogP contribution in [0.4, 0.5) is 4.79 Å². The van der Waals surface area contributed by atoms with E-state index in [0.29, 0.717) is 6.54 Å². The molecule has 18 heavy (non-hydrogen) atoms.